The first kappa shape index (κ1) is 13.5. The molecular formula is C15H22N4. The molecule has 1 unspecified atom stereocenters. The second kappa shape index (κ2) is 6.27. The first-order valence-corrected chi connectivity index (χ1v) is 6.64. The Morgan fingerprint density at radius 2 is 2.37 bits per heavy atom. The maximum absolute atomic E-state index is 5.78. The van der Waals surface area contributed by atoms with E-state index in [1.165, 1.54) is 11.3 Å². The fourth-order valence-electron chi connectivity index (χ4n) is 2.50. The van der Waals surface area contributed by atoms with E-state index in [1.807, 2.05) is 0 Å². The Morgan fingerprint density at radius 1 is 1.58 bits per heavy atom. The van der Waals surface area contributed by atoms with Gasteiger partial charge in [-0.1, -0.05) is 24.3 Å². The third-order valence-corrected chi connectivity index (χ3v) is 3.39. The molecule has 4 nitrogen and oxygen atoms in total. The van der Waals surface area contributed by atoms with Crippen LogP contribution in [0.5, 0.6) is 0 Å². The van der Waals surface area contributed by atoms with Gasteiger partial charge in [-0.3, -0.25) is 4.99 Å². The zero-order chi connectivity index (χ0) is 13.7. The van der Waals surface area contributed by atoms with Gasteiger partial charge in [-0.15, -0.1) is 6.58 Å². The third-order valence-electron chi connectivity index (χ3n) is 3.39. The average molecular weight is 258 g/mol. The molecule has 0 aliphatic carbocycles. The lowest BCUT2D eigenvalue weighted by molar-refractivity contribution is 0.515. The third kappa shape index (κ3) is 3.50. The zero-order valence-corrected chi connectivity index (χ0v) is 11.5. The largest absolute Gasteiger partial charge is 0.374 e. The van der Waals surface area contributed by atoms with Crippen molar-refractivity contribution in [2.75, 3.05) is 31.6 Å². The van der Waals surface area contributed by atoms with E-state index < -0.39 is 0 Å². The topological polar surface area (TPSA) is 53.6 Å². The highest BCUT2D eigenvalue weighted by Gasteiger charge is 2.21. The number of hydrogen-bond acceptors (Lipinski definition) is 2. The molecule has 3 N–H and O–H groups in total. The molecule has 0 saturated carbocycles. The van der Waals surface area contributed by atoms with Gasteiger partial charge in [-0.25, -0.2) is 0 Å². The van der Waals surface area contributed by atoms with Crippen LogP contribution in [0.15, 0.2) is 41.9 Å². The van der Waals surface area contributed by atoms with Crippen molar-refractivity contribution >= 4 is 11.6 Å². The minimum absolute atomic E-state index is 0.501. The van der Waals surface area contributed by atoms with E-state index in [4.69, 9.17) is 5.73 Å². The average Bonchev–Trinajstić information content (AvgIpc) is 2.43. The van der Waals surface area contributed by atoms with E-state index in [-0.39, 0.29) is 0 Å². The van der Waals surface area contributed by atoms with Gasteiger partial charge in [0.25, 0.3) is 0 Å². The fraction of sp³-hybridized carbons (Fsp3) is 0.400. The second-order valence-electron chi connectivity index (χ2n) is 4.97. The molecule has 4 heteroatoms. The van der Waals surface area contributed by atoms with Crippen molar-refractivity contribution in [2.24, 2.45) is 16.6 Å². The number of nitrogens with two attached hydrogens (primary N) is 1. The lowest BCUT2D eigenvalue weighted by atomic mass is 9.93. The highest BCUT2D eigenvalue weighted by Crippen LogP contribution is 2.28. The summed E-state index contributed by atoms with van der Waals surface area (Å²) >= 11 is 0. The Bertz CT molecular complexity index is 467. The molecule has 1 aliphatic rings. The van der Waals surface area contributed by atoms with Crippen LogP contribution in [0.1, 0.15) is 5.56 Å². The summed E-state index contributed by atoms with van der Waals surface area (Å²) in [5.74, 6) is 1.02. The Hall–Kier alpha value is -1.97. The van der Waals surface area contributed by atoms with Crippen molar-refractivity contribution < 1.29 is 0 Å². The number of rotatable bonds is 4. The Balaban J connectivity index is 1.96. The van der Waals surface area contributed by atoms with E-state index in [1.54, 1.807) is 6.08 Å². The van der Waals surface area contributed by atoms with Gasteiger partial charge in [0.15, 0.2) is 5.96 Å². The van der Waals surface area contributed by atoms with Crippen molar-refractivity contribution in [3.05, 3.63) is 42.5 Å². The van der Waals surface area contributed by atoms with Gasteiger partial charge in [-0.2, -0.15) is 0 Å². The standard InChI is InChI=1S/C15H22N4/c1-3-8-17-15(16)18-10-12-9-13-6-4-5-7-14(13)19(2)11-12/h3-7,12H,1,8-11H2,2H3,(H3,16,17,18). The van der Waals surface area contributed by atoms with Crippen LogP contribution >= 0.6 is 0 Å². The van der Waals surface area contributed by atoms with Crippen LogP contribution in [-0.4, -0.2) is 32.6 Å². The molecule has 1 aliphatic heterocycles. The van der Waals surface area contributed by atoms with Crippen LogP contribution in [0.25, 0.3) is 0 Å². The number of anilines is 1. The van der Waals surface area contributed by atoms with Crippen molar-refractivity contribution in [1.29, 1.82) is 0 Å². The molecule has 0 spiro atoms. The summed E-state index contributed by atoms with van der Waals surface area (Å²) in [5.41, 5.74) is 8.51. The number of aliphatic imine (C=N–C) groups is 1. The SMILES string of the molecule is C=CCNC(N)=NCC1Cc2ccccc2N(C)C1. The molecule has 0 radical (unpaired) electrons. The molecule has 0 amide bonds. The first-order valence-electron chi connectivity index (χ1n) is 6.64. The lowest BCUT2D eigenvalue weighted by Gasteiger charge is -2.32. The first-order chi connectivity index (χ1) is 9.20. The molecule has 102 valence electrons. The monoisotopic (exact) mass is 258 g/mol. The van der Waals surface area contributed by atoms with E-state index in [9.17, 15) is 0 Å². The van der Waals surface area contributed by atoms with Gasteiger partial charge < -0.3 is 16.0 Å². The Kier molecular flexibility index (Phi) is 4.44. The summed E-state index contributed by atoms with van der Waals surface area (Å²) in [6, 6.07) is 8.55. The maximum atomic E-state index is 5.78. The second-order valence-corrected chi connectivity index (χ2v) is 4.97. The predicted octanol–water partition coefficient (Wildman–Crippen LogP) is 1.39. The minimum atomic E-state index is 0.501. The van der Waals surface area contributed by atoms with Crippen molar-refractivity contribution in [3.8, 4) is 0 Å². The highest BCUT2D eigenvalue weighted by atomic mass is 15.1. The number of benzene rings is 1. The molecule has 1 heterocycles. The number of para-hydroxylation sites is 1. The van der Waals surface area contributed by atoms with Crippen molar-refractivity contribution in [2.45, 2.75) is 6.42 Å². The Morgan fingerprint density at radius 3 is 3.16 bits per heavy atom. The fourth-order valence-corrected chi connectivity index (χ4v) is 2.50. The number of hydrogen-bond donors (Lipinski definition) is 2. The quantitative estimate of drug-likeness (QED) is 0.487. The summed E-state index contributed by atoms with van der Waals surface area (Å²) in [5, 5.41) is 3.00. The predicted molar refractivity (Wildman–Crippen MR) is 81.6 cm³/mol. The molecular weight excluding hydrogens is 236 g/mol. The molecule has 0 fully saturated rings. The molecule has 0 aromatic heterocycles. The van der Waals surface area contributed by atoms with Crippen molar-refractivity contribution in [3.63, 3.8) is 0 Å². The number of guanidine groups is 1. The summed E-state index contributed by atoms with van der Waals surface area (Å²) < 4.78 is 0. The molecule has 0 bridgehead atoms. The van der Waals surface area contributed by atoms with Crippen molar-refractivity contribution in [1.82, 2.24) is 5.32 Å². The van der Waals surface area contributed by atoms with E-state index in [0.717, 1.165) is 19.5 Å². The number of nitrogens with one attached hydrogen (secondary N) is 1. The summed E-state index contributed by atoms with van der Waals surface area (Å²) in [4.78, 5) is 6.70. The van der Waals surface area contributed by atoms with Gasteiger partial charge >= 0.3 is 0 Å². The summed E-state index contributed by atoms with van der Waals surface area (Å²) in [6.07, 6.45) is 2.84. The summed E-state index contributed by atoms with van der Waals surface area (Å²) in [7, 11) is 2.13. The summed E-state index contributed by atoms with van der Waals surface area (Å²) in [6.45, 7) is 6.07. The van der Waals surface area contributed by atoms with Gasteiger partial charge in [0.05, 0.1) is 0 Å². The Labute approximate surface area is 115 Å². The van der Waals surface area contributed by atoms with Crippen LogP contribution in [0, 0.1) is 5.92 Å². The van der Waals surface area contributed by atoms with Gasteiger partial charge in [0, 0.05) is 38.3 Å². The normalized spacial score (nSPS) is 18.9. The highest BCUT2D eigenvalue weighted by molar-refractivity contribution is 5.77. The number of nitrogens with zero attached hydrogens (tertiary/aromatic N) is 2. The van der Waals surface area contributed by atoms with Crippen LogP contribution in [0.2, 0.25) is 0 Å². The van der Waals surface area contributed by atoms with E-state index >= 15 is 0 Å². The molecule has 1 aromatic rings. The van der Waals surface area contributed by atoms with Gasteiger partial charge in [0.2, 0.25) is 0 Å². The van der Waals surface area contributed by atoms with E-state index in [0.29, 0.717) is 18.4 Å². The zero-order valence-electron chi connectivity index (χ0n) is 11.5. The lowest BCUT2D eigenvalue weighted by Crippen LogP contribution is -2.36. The molecule has 2 rings (SSSR count). The maximum Gasteiger partial charge on any atom is 0.188 e. The van der Waals surface area contributed by atoms with Crippen LogP contribution < -0.4 is 16.0 Å². The molecule has 1 atom stereocenters. The molecule has 1 aromatic carbocycles. The smallest absolute Gasteiger partial charge is 0.188 e. The van der Waals surface area contributed by atoms with Crippen LogP contribution in [0.4, 0.5) is 5.69 Å². The molecule has 19 heavy (non-hydrogen) atoms. The minimum Gasteiger partial charge on any atom is -0.374 e. The van der Waals surface area contributed by atoms with Gasteiger partial charge in [-0.05, 0) is 18.1 Å². The number of fused-ring (bicyclic) bond motifs is 1. The molecule has 0 saturated heterocycles. The van der Waals surface area contributed by atoms with Crippen LogP contribution in [0.3, 0.4) is 0 Å². The van der Waals surface area contributed by atoms with Gasteiger partial charge in [0.1, 0.15) is 0 Å². The van der Waals surface area contributed by atoms with E-state index in [2.05, 4.69) is 53.1 Å². The van der Waals surface area contributed by atoms with Crippen LogP contribution in [-0.2, 0) is 6.42 Å².